The Balaban J connectivity index is 0.000000262. The first kappa shape index (κ1) is 71.1. The van der Waals surface area contributed by atoms with Crippen LogP contribution in [0.4, 0.5) is 0 Å². The average Bonchev–Trinajstić information content (AvgIpc) is 4.17. The molecule has 2 unspecified atom stereocenters. The second-order valence-corrected chi connectivity index (χ2v) is 36.3. The summed E-state index contributed by atoms with van der Waals surface area (Å²) in [4.78, 5) is 0. The topological polar surface area (TPSA) is 34.1 Å². The molecule has 10 aliphatic carbocycles. The summed E-state index contributed by atoms with van der Waals surface area (Å²) in [6.45, 7) is 13.8. The van der Waals surface area contributed by atoms with Crippen LogP contribution in [0.5, 0.6) is 0 Å². The summed E-state index contributed by atoms with van der Waals surface area (Å²) in [5, 5.41) is 2.33. The van der Waals surface area contributed by atoms with E-state index in [1.165, 1.54) is 85.3 Å². The van der Waals surface area contributed by atoms with Crippen LogP contribution in [0.15, 0.2) is 47.1 Å². The van der Waals surface area contributed by atoms with Crippen LogP contribution in [-0.2, 0) is 43.3 Å². The molecule has 0 radical (unpaired) electrons. The van der Waals surface area contributed by atoms with Gasteiger partial charge in [-0.2, -0.15) is 0 Å². The molecule has 2 nitrogen and oxygen atoms in total. The maximum Gasteiger partial charge on any atom is 2.00 e. The van der Waals surface area contributed by atoms with E-state index in [4.69, 9.17) is 0 Å². The summed E-state index contributed by atoms with van der Waals surface area (Å²) in [6, 6.07) is 0. The minimum absolute atomic E-state index is 0. The minimum Gasteiger partial charge on any atom is -0.358 e. The molecule has 0 amide bonds. The predicted molar refractivity (Wildman–Crippen MR) is 336 cm³/mol. The quantitative estimate of drug-likeness (QED) is 0.111. The molecule has 0 aromatic carbocycles. The predicted octanol–water partition coefficient (Wildman–Crippen LogP) is 23.7. The molecule has 0 N–H and O–H groups in total. The van der Waals surface area contributed by atoms with Crippen LogP contribution < -0.4 is 0 Å². The van der Waals surface area contributed by atoms with Crippen molar-refractivity contribution in [1.29, 1.82) is 0 Å². The van der Waals surface area contributed by atoms with Gasteiger partial charge in [0.15, 0.2) is 11.3 Å². The van der Waals surface area contributed by atoms with Crippen molar-refractivity contribution in [3.8, 4) is 0 Å². The molecule has 76 heavy (non-hydrogen) atoms. The van der Waals surface area contributed by atoms with Crippen molar-refractivity contribution in [2.24, 2.45) is 35.5 Å². The first-order chi connectivity index (χ1) is 35.1. The zero-order valence-corrected chi connectivity index (χ0v) is 56.3. The molecule has 0 heterocycles. The van der Waals surface area contributed by atoms with Crippen molar-refractivity contribution >= 4 is 31.4 Å². The average molecular weight is 1200 g/mol. The molecule has 0 spiro atoms. The summed E-state index contributed by atoms with van der Waals surface area (Å²) >= 11 is 0. The molecule has 10 rings (SSSR count). The van der Waals surface area contributed by atoms with Gasteiger partial charge in [0.1, 0.15) is 10.6 Å². The third-order valence-electron chi connectivity index (χ3n) is 20.3. The first-order valence-corrected chi connectivity index (χ1v) is 37.7. The fourth-order valence-electron chi connectivity index (χ4n) is 16.3. The number of allylic oxidation sites excluding steroid dienone is 8. The van der Waals surface area contributed by atoms with Gasteiger partial charge in [-0.1, -0.05) is 194 Å². The van der Waals surface area contributed by atoms with Crippen LogP contribution in [0.1, 0.15) is 273 Å². The Morgan fingerprint density at radius 1 is 0.408 bits per heavy atom. The monoisotopic (exact) mass is 1200 g/mol. The van der Waals surface area contributed by atoms with Crippen molar-refractivity contribution in [2.45, 2.75) is 318 Å². The van der Waals surface area contributed by atoms with E-state index in [0.717, 1.165) is 48.1 Å². The third-order valence-corrected chi connectivity index (χ3v) is 32.7. The van der Waals surface area contributed by atoms with E-state index >= 15 is 0 Å². The second-order valence-electron chi connectivity index (χ2n) is 26.3. The first-order valence-electron chi connectivity index (χ1n) is 31.9. The number of rotatable bonds is 12. The summed E-state index contributed by atoms with van der Waals surface area (Å²) in [5.74, 6) is 4.10. The van der Waals surface area contributed by atoms with Gasteiger partial charge in [-0.3, -0.25) is 0 Å². The van der Waals surface area contributed by atoms with Crippen molar-refractivity contribution < 1.29 is 43.3 Å². The summed E-state index contributed by atoms with van der Waals surface area (Å²) in [7, 11) is -1.57. The molecule has 0 aliphatic heterocycles. The Kier molecular flexibility index (Phi) is 36.1. The van der Waals surface area contributed by atoms with E-state index in [2.05, 4.69) is 78.7 Å². The Hall–Kier alpha value is 0.799. The summed E-state index contributed by atoms with van der Waals surface area (Å²) in [5.41, 5.74) is 8.00. The zero-order chi connectivity index (χ0) is 50.7. The van der Waals surface area contributed by atoms with Crippen molar-refractivity contribution in [3.63, 3.8) is 0 Å². The third kappa shape index (κ3) is 21.8. The molecule has 10 aliphatic rings. The second kappa shape index (κ2) is 38.6. The van der Waals surface area contributed by atoms with Crippen LogP contribution in [0.2, 0.25) is 0 Å². The Bertz CT molecular complexity index is 1550. The summed E-state index contributed by atoms with van der Waals surface area (Å²) in [6.07, 6.45) is 70.0. The Morgan fingerprint density at radius 2 is 0.658 bits per heavy atom. The van der Waals surface area contributed by atoms with E-state index < -0.39 is 15.6 Å². The molecular weight excluding hydrogens is 1080 g/mol. The van der Waals surface area contributed by atoms with E-state index in [1.807, 2.05) is 12.2 Å². The van der Waals surface area contributed by atoms with Gasteiger partial charge in [0.25, 0.3) is 0 Å². The standard InChI is InChI=1S/2C17H31P.2C16H25OP.2CH3.2Fe/c2*1-3-9-15(10-4-1)18(17-13-7-8-14-17)16-11-5-2-6-12-16;2*1-12(2)15-10-9-13(3)11-16(15)18(17)14-7-5-4-6-8-14;;;;/h2*15-17H,1-14H2;2*4-7,12-13,15-16H,8-11H2,1-3H3;2*1H3;;/q;;;;2*-1;2*+2/t;;2*13-,15+,16-;;;;/m..11..../s1. The fourth-order valence-corrected chi connectivity index (χ4v) is 30.3. The van der Waals surface area contributed by atoms with Crippen molar-refractivity contribution in [1.82, 2.24) is 0 Å². The number of hydrogen-bond acceptors (Lipinski definition) is 2. The van der Waals surface area contributed by atoms with Crippen LogP contribution in [0.3, 0.4) is 0 Å². The SMILES string of the molecule is C1CCC(P(C2CCCCC2)C2CCCC2)CC1.C1CCC(P(C2CCCCC2)C2CCCC2)CC1.CC(C)[C@@H]1CC[C@@H](C)C[C@H]1[P+](=O)C1=CC=C[CH-]C1.CC(C)[C@@H]1CC[C@@H](C)C[C@H]1[P+](=O)C1=CC=C[CH-]C1.[CH3-].[CH3-].[Fe+2].[Fe+2]. The largest absolute Gasteiger partial charge is 2.00 e. The normalized spacial score (nSPS) is 29.4. The van der Waals surface area contributed by atoms with Gasteiger partial charge in [-0.05, 0) is 173 Å². The Morgan fingerprint density at radius 3 is 0.882 bits per heavy atom. The van der Waals surface area contributed by atoms with Gasteiger partial charge < -0.3 is 14.9 Å². The minimum atomic E-state index is -1.19. The van der Waals surface area contributed by atoms with Gasteiger partial charge >= 0.3 is 49.7 Å². The Labute approximate surface area is 499 Å². The van der Waals surface area contributed by atoms with Crippen LogP contribution in [0, 0.1) is 63.2 Å². The van der Waals surface area contributed by atoms with Crippen LogP contribution >= 0.6 is 31.4 Å². The molecule has 8 saturated carbocycles. The van der Waals surface area contributed by atoms with E-state index in [-0.39, 0.29) is 49.0 Å². The summed E-state index contributed by atoms with van der Waals surface area (Å²) < 4.78 is 25.7. The molecule has 436 valence electrons. The zero-order valence-electron chi connectivity index (χ0n) is 50.5. The molecule has 0 saturated heterocycles. The van der Waals surface area contributed by atoms with E-state index in [9.17, 15) is 9.13 Å². The van der Waals surface area contributed by atoms with Gasteiger partial charge in [0.2, 0.25) is 0 Å². The molecule has 8 fully saturated rings. The van der Waals surface area contributed by atoms with Gasteiger partial charge in [-0.25, -0.2) is 37.1 Å². The maximum absolute atomic E-state index is 12.8. The van der Waals surface area contributed by atoms with E-state index in [1.54, 1.807) is 154 Å². The maximum atomic E-state index is 12.8. The van der Waals surface area contributed by atoms with Gasteiger partial charge in [0.05, 0.1) is 0 Å². The molecule has 0 bridgehead atoms. The molecule has 0 aromatic heterocycles. The number of hydrogen-bond donors (Lipinski definition) is 0. The molecule has 8 heteroatoms. The fraction of sp³-hybridized carbons (Fsp3) is 0.824. The molecule has 8 atom stereocenters. The van der Waals surface area contributed by atoms with Crippen molar-refractivity contribution in [2.75, 3.05) is 0 Å². The van der Waals surface area contributed by atoms with Gasteiger partial charge in [0, 0.05) is 11.8 Å². The molecule has 0 aromatic rings. The van der Waals surface area contributed by atoms with E-state index in [0.29, 0.717) is 50.8 Å². The van der Waals surface area contributed by atoms with Crippen LogP contribution in [-0.4, -0.2) is 45.3 Å². The van der Waals surface area contributed by atoms with Crippen LogP contribution in [0.25, 0.3) is 0 Å². The molecular formula is C68H118Fe2O2P4+2. The van der Waals surface area contributed by atoms with Gasteiger partial charge in [-0.15, -0.1) is 0 Å². The van der Waals surface area contributed by atoms with Crippen molar-refractivity contribution in [3.05, 3.63) is 74.8 Å². The smallest absolute Gasteiger partial charge is 0.358 e.